The fraction of sp³-hybridized carbons (Fsp3) is 0.467. The standard InChI is InChI=1S/C15H21NO/c1-3-4-5-6-11-16-13(2)12-14-7-9-15(17)10-8-14/h1,7-10,13,16-17H,4-6,11-12H2,2H3. The first kappa shape index (κ1) is 13.6. The Morgan fingerprint density at radius 3 is 2.65 bits per heavy atom. The lowest BCUT2D eigenvalue weighted by Gasteiger charge is -2.13. The van der Waals surface area contributed by atoms with Crippen LogP contribution in [0.15, 0.2) is 24.3 Å². The number of benzene rings is 1. The Morgan fingerprint density at radius 2 is 2.00 bits per heavy atom. The molecule has 92 valence electrons. The predicted octanol–water partition coefficient (Wildman–Crippen LogP) is 2.72. The maximum atomic E-state index is 9.18. The number of terminal acetylenes is 1. The highest BCUT2D eigenvalue weighted by Crippen LogP contribution is 2.11. The molecular weight excluding hydrogens is 210 g/mol. The van der Waals surface area contributed by atoms with Crippen LogP contribution in [-0.4, -0.2) is 17.7 Å². The van der Waals surface area contributed by atoms with Crippen LogP contribution in [-0.2, 0) is 6.42 Å². The zero-order chi connectivity index (χ0) is 12.5. The van der Waals surface area contributed by atoms with E-state index < -0.39 is 0 Å². The van der Waals surface area contributed by atoms with Gasteiger partial charge in [-0.25, -0.2) is 0 Å². The Kier molecular flexibility index (Phi) is 6.21. The molecule has 0 spiro atoms. The van der Waals surface area contributed by atoms with Gasteiger partial charge >= 0.3 is 0 Å². The molecule has 0 saturated heterocycles. The molecule has 2 nitrogen and oxygen atoms in total. The summed E-state index contributed by atoms with van der Waals surface area (Å²) in [4.78, 5) is 0. The summed E-state index contributed by atoms with van der Waals surface area (Å²) < 4.78 is 0. The van der Waals surface area contributed by atoms with Crippen LogP contribution < -0.4 is 5.32 Å². The van der Waals surface area contributed by atoms with Crippen LogP contribution in [0, 0.1) is 12.3 Å². The summed E-state index contributed by atoms with van der Waals surface area (Å²) in [6.07, 6.45) is 9.27. The molecule has 2 N–H and O–H groups in total. The Morgan fingerprint density at radius 1 is 1.29 bits per heavy atom. The van der Waals surface area contributed by atoms with E-state index in [-0.39, 0.29) is 0 Å². The van der Waals surface area contributed by atoms with Crippen molar-refractivity contribution >= 4 is 0 Å². The molecule has 1 aromatic carbocycles. The van der Waals surface area contributed by atoms with Crippen molar-refractivity contribution in [2.24, 2.45) is 0 Å². The largest absolute Gasteiger partial charge is 0.508 e. The van der Waals surface area contributed by atoms with Gasteiger partial charge in [0.1, 0.15) is 5.75 Å². The molecule has 1 unspecified atom stereocenters. The third kappa shape index (κ3) is 5.99. The highest BCUT2D eigenvalue weighted by molar-refractivity contribution is 5.26. The lowest BCUT2D eigenvalue weighted by atomic mass is 10.1. The third-order valence-electron chi connectivity index (χ3n) is 2.72. The first-order valence-electron chi connectivity index (χ1n) is 6.17. The van der Waals surface area contributed by atoms with Crippen molar-refractivity contribution in [1.29, 1.82) is 0 Å². The zero-order valence-electron chi connectivity index (χ0n) is 10.4. The predicted molar refractivity (Wildman–Crippen MR) is 72.0 cm³/mol. The summed E-state index contributed by atoms with van der Waals surface area (Å²) in [7, 11) is 0. The number of hydrogen-bond donors (Lipinski definition) is 2. The normalized spacial score (nSPS) is 12.0. The minimum atomic E-state index is 0.323. The molecule has 0 heterocycles. The molecule has 0 amide bonds. The fourth-order valence-electron chi connectivity index (χ4n) is 1.76. The first-order valence-corrected chi connectivity index (χ1v) is 6.17. The van der Waals surface area contributed by atoms with Crippen LogP contribution in [0.25, 0.3) is 0 Å². The second kappa shape index (κ2) is 7.76. The van der Waals surface area contributed by atoms with Crippen LogP contribution >= 0.6 is 0 Å². The van der Waals surface area contributed by atoms with E-state index in [1.165, 1.54) is 5.56 Å². The van der Waals surface area contributed by atoms with Gasteiger partial charge in [-0.2, -0.15) is 0 Å². The number of nitrogens with one attached hydrogen (secondary N) is 1. The van der Waals surface area contributed by atoms with Crippen LogP contribution in [0.4, 0.5) is 0 Å². The monoisotopic (exact) mass is 231 g/mol. The lowest BCUT2D eigenvalue weighted by Crippen LogP contribution is -2.28. The Hall–Kier alpha value is -1.46. The molecule has 1 rings (SSSR count). The van der Waals surface area contributed by atoms with Gasteiger partial charge in [0.2, 0.25) is 0 Å². The molecule has 0 aliphatic heterocycles. The molecule has 1 atom stereocenters. The lowest BCUT2D eigenvalue weighted by molar-refractivity contribution is 0.474. The quantitative estimate of drug-likeness (QED) is 0.558. The smallest absolute Gasteiger partial charge is 0.115 e. The molecule has 0 aliphatic carbocycles. The van der Waals surface area contributed by atoms with E-state index >= 15 is 0 Å². The van der Waals surface area contributed by atoms with E-state index in [0.717, 1.165) is 32.2 Å². The molecule has 0 bridgehead atoms. The average molecular weight is 231 g/mol. The second-order valence-corrected chi connectivity index (χ2v) is 4.39. The van der Waals surface area contributed by atoms with Crippen molar-refractivity contribution in [2.75, 3.05) is 6.54 Å². The number of phenols is 1. The molecular formula is C15H21NO. The highest BCUT2D eigenvalue weighted by Gasteiger charge is 2.02. The number of unbranched alkanes of at least 4 members (excludes halogenated alkanes) is 2. The van der Waals surface area contributed by atoms with Crippen molar-refractivity contribution < 1.29 is 5.11 Å². The van der Waals surface area contributed by atoms with E-state index in [4.69, 9.17) is 6.42 Å². The fourth-order valence-corrected chi connectivity index (χ4v) is 1.76. The Balaban J connectivity index is 2.18. The highest BCUT2D eigenvalue weighted by atomic mass is 16.3. The van der Waals surface area contributed by atoms with E-state index in [0.29, 0.717) is 11.8 Å². The van der Waals surface area contributed by atoms with Gasteiger partial charge in [0, 0.05) is 12.5 Å². The maximum absolute atomic E-state index is 9.18. The van der Waals surface area contributed by atoms with Gasteiger partial charge in [0.05, 0.1) is 0 Å². The van der Waals surface area contributed by atoms with E-state index in [9.17, 15) is 5.11 Å². The minimum Gasteiger partial charge on any atom is -0.508 e. The third-order valence-corrected chi connectivity index (χ3v) is 2.72. The van der Waals surface area contributed by atoms with Gasteiger partial charge in [-0.05, 0) is 50.4 Å². The summed E-state index contributed by atoms with van der Waals surface area (Å²) in [5, 5.41) is 12.7. The van der Waals surface area contributed by atoms with Gasteiger partial charge in [-0.3, -0.25) is 0 Å². The second-order valence-electron chi connectivity index (χ2n) is 4.39. The topological polar surface area (TPSA) is 32.3 Å². The van der Waals surface area contributed by atoms with Crippen LogP contribution in [0.2, 0.25) is 0 Å². The van der Waals surface area contributed by atoms with Gasteiger partial charge in [0.25, 0.3) is 0 Å². The van der Waals surface area contributed by atoms with Crippen LogP contribution in [0.3, 0.4) is 0 Å². The Bertz CT molecular complexity index is 350. The maximum Gasteiger partial charge on any atom is 0.115 e. The Labute approximate surface area is 104 Å². The van der Waals surface area contributed by atoms with Crippen molar-refractivity contribution in [1.82, 2.24) is 5.32 Å². The van der Waals surface area contributed by atoms with Crippen molar-refractivity contribution in [3.8, 4) is 18.1 Å². The zero-order valence-corrected chi connectivity index (χ0v) is 10.4. The minimum absolute atomic E-state index is 0.323. The molecule has 0 aliphatic rings. The molecule has 0 radical (unpaired) electrons. The molecule has 0 saturated carbocycles. The number of aromatic hydroxyl groups is 1. The van der Waals surface area contributed by atoms with Gasteiger partial charge in [-0.1, -0.05) is 12.1 Å². The van der Waals surface area contributed by atoms with Crippen molar-refractivity contribution in [3.63, 3.8) is 0 Å². The van der Waals surface area contributed by atoms with Gasteiger partial charge < -0.3 is 10.4 Å². The molecule has 2 heteroatoms. The summed E-state index contributed by atoms with van der Waals surface area (Å²) in [5.74, 6) is 2.97. The van der Waals surface area contributed by atoms with Gasteiger partial charge in [0.15, 0.2) is 0 Å². The van der Waals surface area contributed by atoms with Crippen LogP contribution in [0.1, 0.15) is 31.7 Å². The average Bonchev–Trinajstić information content (AvgIpc) is 2.32. The molecule has 0 aromatic heterocycles. The molecule has 0 fully saturated rings. The summed E-state index contributed by atoms with van der Waals surface area (Å²) >= 11 is 0. The SMILES string of the molecule is C#CCCCCNC(C)Cc1ccc(O)cc1. The molecule has 17 heavy (non-hydrogen) atoms. The number of phenolic OH excluding ortho intramolecular Hbond substituents is 1. The van der Waals surface area contributed by atoms with E-state index in [2.05, 4.69) is 18.2 Å². The van der Waals surface area contributed by atoms with Crippen molar-refractivity contribution in [2.45, 2.75) is 38.6 Å². The van der Waals surface area contributed by atoms with Gasteiger partial charge in [-0.15, -0.1) is 12.3 Å². The molecule has 1 aromatic rings. The van der Waals surface area contributed by atoms with Crippen molar-refractivity contribution in [3.05, 3.63) is 29.8 Å². The number of hydrogen-bond acceptors (Lipinski definition) is 2. The summed E-state index contributed by atoms with van der Waals surface area (Å²) in [6.45, 7) is 3.19. The summed E-state index contributed by atoms with van der Waals surface area (Å²) in [5.41, 5.74) is 1.24. The van der Waals surface area contributed by atoms with Crippen LogP contribution in [0.5, 0.6) is 5.75 Å². The van der Waals surface area contributed by atoms with E-state index in [1.807, 2.05) is 12.1 Å². The number of rotatable bonds is 7. The van der Waals surface area contributed by atoms with E-state index in [1.54, 1.807) is 12.1 Å². The first-order chi connectivity index (χ1) is 8.22. The summed E-state index contributed by atoms with van der Waals surface area (Å²) in [6, 6.07) is 7.84.